The van der Waals surface area contributed by atoms with E-state index in [0.717, 1.165) is 5.56 Å². The highest BCUT2D eigenvalue weighted by atomic mass is 16.5. The summed E-state index contributed by atoms with van der Waals surface area (Å²) in [5.41, 5.74) is 0.312. The molecule has 0 aliphatic heterocycles. The fraction of sp³-hybridized carbons (Fsp3) is 0.400. The lowest BCUT2D eigenvalue weighted by atomic mass is 9.85. The number of hydrogen-bond acceptors (Lipinski definition) is 3. The molecular formula is C10H13NO2. The zero-order valence-electron chi connectivity index (χ0n) is 8.07. The number of methoxy groups -OCH3 is 1. The third-order valence-corrected chi connectivity index (χ3v) is 2.10. The summed E-state index contributed by atoms with van der Waals surface area (Å²) in [6, 6.07) is 3.63. The number of pyridine rings is 1. The van der Waals surface area contributed by atoms with Crippen molar-refractivity contribution in [2.24, 2.45) is 0 Å². The van der Waals surface area contributed by atoms with Crippen LogP contribution in [0.2, 0.25) is 0 Å². The Hall–Kier alpha value is -1.38. The molecule has 0 bridgehead atoms. The van der Waals surface area contributed by atoms with Crippen LogP contribution in [0.25, 0.3) is 0 Å². The van der Waals surface area contributed by atoms with E-state index in [-0.39, 0.29) is 5.97 Å². The Balaban J connectivity index is 3.00. The van der Waals surface area contributed by atoms with Crippen LogP contribution in [-0.4, -0.2) is 18.1 Å². The van der Waals surface area contributed by atoms with Gasteiger partial charge in [0.1, 0.15) is 0 Å². The van der Waals surface area contributed by atoms with Gasteiger partial charge in [0.05, 0.1) is 12.5 Å². The Morgan fingerprint density at radius 1 is 1.38 bits per heavy atom. The standard InChI is InChI=1S/C10H13NO2/c1-10(2,9(12)13-3)8-4-6-11-7-5-8/h4-7H,1-3H3. The van der Waals surface area contributed by atoms with Crippen LogP contribution in [0.4, 0.5) is 0 Å². The second-order valence-electron chi connectivity index (χ2n) is 3.35. The first-order valence-corrected chi connectivity index (χ1v) is 4.08. The lowest BCUT2D eigenvalue weighted by Crippen LogP contribution is -2.30. The molecule has 1 aromatic rings. The maximum atomic E-state index is 11.4. The van der Waals surface area contributed by atoms with Crippen LogP contribution in [0.1, 0.15) is 19.4 Å². The van der Waals surface area contributed by atoms with Crippen LogP contribution >= 0.6 is 0 Å². The first kappa shape index (κ1) is 9.71. The number of aromatic nitrogens is 1. The van der Waals surface area contributed by atoms with E-state index >= 15 is 0 Å². The first-order chi connectivity index (χ1) is 6.09. The van der Waals surface area contributed by atoms with Crippen molar-refractivity contribution in [1.29, 1.82) is 0 Å². The number of nitrogens with zero attached hydrogens (tertiary/aromatic N) is 1. The Morgan fingerprint density at radius 3 is 2.38 bits per heavy atom. The van der Waals surface area contributed by atoms with E-state index in [9.17, 15) is 4.79 Å². The second kappa shape index (κ2) is 3.56. The Labute approximate surface area is 77.8 Å². The van der Waals surface area contributed by atoms with E-state index in [2.05, 4.69) is 4.98 Å². The molecule has 1 heterocycles. The van der Waals surface area contributed by atoms with Gasteiger partial charge in [0.15, 0.2) is 0 Å². The maximum absolute atomic E-state index is 11.4. The van der Waals surface area contributed by atoms with Crippen molar-refractivity contribution < 1.29 is 9.53 Å². The van der Waals surface area contributed by atoms with Crippen LogP contribution in [0.5, 0.6) is 0 Å². The molecule has 0 fully saturated rings. The molecule has 0 saturated heterocycles. The van der Waals surface area contributed by atoms with Gasteiger partial charge in [0, 0.05) is 12.4 Å². The van der Waals surface area contributed by atoms with Crippen LogP contribution < -0.4 is 0 Å². The summed E-state index contributed by atoms with van der Waals surface area (Å²) in [6.07, 6.45) is 3.33. The smallest absolute Gasteiger partial charge is 0.315 e. The van der Waals surface area contributed by atoms with Gasteiger partial charge in [-0.2, -0.15) is 0 Å². The van der Waals surface area contributed by atoms with Gasteiger partial charge in [-0.05, 0) is 31.5 Å². The normalized spacial score (nSPS) is 11.0. The minimum atomic E-state index is -0.600. The van der Waals surface area contributed by atoms with Crippen molar-refractivity contribution in [2.45, 2.75) is 19.3 Å². The van der Waals surface area contributed by atoms with Crippen LogP contribution in [0, 0.1) is 0 Å². The number of carbonyl (C=O) groups excluding carboxylic acids is 1. The van der Waals surface area contributed by atoms with E-state index in [1.54, 1.807) is 12.4 Å². The number of ether oxygens (including phenoxy) is 1. The second-order valence-corrected chi connectivity index (χ2v) is 3.35. The first-order valence-electron chi connectivity index (χ1n) is 4.08. The predicted molar refractivity (Wildman–Crippen MR) is 49.3 cm³/mol. The summed E-state index contributed by atoms with van der Waals surface area (Å²) in [6.45, 7) is 3.66. The van der Waals surface area contributed by atoms with E-state index in [4.69, 9.17) is 4.74 Å². The molecule has 0 aliphatic rings. The third kappa shape index (κ3) is 1.86. The molecule has 13 heavy (non-hydrogen) atoms. The topological polar surface area (TPSA) is 39.2 Å². The van der Waals surface area contributed by atoms with Crippen LogP contribution in [-0.2, 0) is 14.9 Å². The molecular weight excluding hydrogens is 166 g/mol. The molecule has 0 N–H and O–H groups in total. The predicted octanol–water partition coefficient (Wildman–Crippen LogP) is 1.53. The van der Waals surface area contributed by atoms with Gasteiger partial charge in [-0.25, -0.2) is 0 Å². The molecule has 0 aliphatic carbocycles. The molecule has 0 spiro atoms. The van der Waals surface area contributed by atoms with Gasteiger partial charge in [-0.15, -0.1) is 0 Å². The monoisotopic (exact) mass is 179 g/mol. The number of hydrogen-bond donors (Lipinski definition) is 0. The van der Waals surface area contributed by atoms with Gasteiger partial charge in [0.2, 0.25) is 0 Å². The zero-order chi connectivity index (χ0) is 9.90. The number of carbonyl (C=O) groups is 1. The zero-order valence-corrected chi connectivity index (χ0v) is 8.07. The number of esters is 1. The maximum Gasteiger partial charge on any atom is 0.315 e. The molecule has 1 aromatic heterocycles. The van der Waals surface area contributed by atoms with Gasteiger partial charge < -0.3 is 4.74 Å². The fourth-order valence-corrected chi connectivity index (χ4v) is 1.14. The van der Waals surface area contributed by atoms with Crippen molar-refractivity contribution in [3.8, 4) is 0 Å². The third-order valence-electron chi connectivity index (χ3n) is 2.10. The van der Waals surface area contributed by atoms with E-state index < -0.39 is 5.41 Å². The summed E-state index contributed by atoms with van der Waals surface area (Å²) < 4.78 is 4.71. The summed E-state index contributed by atoms with van der Waals surface area (Å²) in [5.74, 6) is -0.237. The van der Waals surface area contributed by atoms with E-state index in [1.165, 1.54) is 7.11 Å². The van der Waals surface area contributed by atoms with Crippen molar-refractivity contribution >= 4 is 5.97 Å². The molecule has 0 amide bonds. The Kier molecular flexibility index (Phi) is 2.66. The molecule has 3 nitrogen and oxygen atoms in total. The van der Waals surface area contributed by atoms with Crippen LogP contribution in [0.15, 0.2) is 24.5 Å². The molecule has 3 heteroatoms. The molecule has 0 unspecified atom stereocenters. The summed E-state index contributed by atoms with van der Waals surface area (Å²) in [7, 11) is 1.39. The lowest BCUT2D eigenvalue weighted by Gasteiger charge is -2.21. The quantitative estimate of drug-likeness (QED) is 0.646. The van der Waals surface area contributed by atoms with Crippen molar-refractivity contribution in [3.05, 3.63) is 30.1 Å². The highest BCUT2D eigenvalue weighted by Crippen LogP contribution is 2.23. The minimum absolute atomic E-state index is 0.237. The molecule has 0 atom stereocenters. The van der Waals surface area contributed by atoms with E-state index in [1.807, 2.05) is 26.0 Å². The largest absolute Gasteiger partial charge is 0.468 e. The molecule has 0 radical (unpaired) electrons. The highest BCUT2D eigenvalue weighted by molar-refractivity contribution is 5.81. The Morgan fingerprint density at radius 2 is 1.92 bits per heavy atom. The van der Waals surface area contributed by atoms with Crippen molar-refractivity contribution in [3.63, 3.8) is 0 Å². The van der Waals surface area contributed by atoms with Crippen molar-refractivity contribution in [1.82, 2.24) is 4.98 Å². The molecule has 70 valence electrons. The van der Waals surface area contributed by atoms with Gasteiger partial charge in [-0.3, -0.25) is 9.78 Å². The minimum Gasteiger partial charge on any atom is -0.468 e. The van der Waals surface area contributed by atoms with E-state index in [0.29, 0.717) is 0 Å². The lowest BCUT2D eigenvalue weighted by molar-refractivity contribution is -0.146. The summed E-state index contributed by atoms with van der Waals surface area (Å²) in [5, 5.41) is 0. The van der Waals surface area contributed by atoms with Gasteiger partial charge in [0.25, 0.3) is 0 Å². The average Bonchev–Trinajstić information content (AvgIpc) is 2.18. The highest BCUT2D eigenvalue weighted by Gasteiger charge is 2.30. The SMILES string of the molecule is COC(=O)C(C)(C)c1ccncc1. The molecule has 0 saturated carbocycles. The Bertz CT molecular complexity index is 293. The summed E-state index contributed by atoms with van der Waals surface area (Å²) in [4.78, 5) is 15.3. The average molecular weight is 179 g/mol. The molecule has 1 rings (SSSR count). The number of rotatable bonds is 2. The summed E-state index contributed by atoms with van der Waals surface area (Å²) >= 11 is 0. The van der Waals surface area contributed by atoms with Crippen LogP contribution in [0.3, 0.4) is 0 Å². The van der Waals surface area contributed by atoms with Gasteiger partial charge >= 0.3 is 5.97 Å². The molecule has 0 aromatic carbocycles. The fourth-order valence-electron chi connectivity index (χ4n) is 1.14. The van der Waals surface area contributed by atoms with Crippen molar-refractivity contribution in [2.75, 3.05) is 7.11 Å². The van der Waals surface area contributed by atoms with Gasteiger partial charge in [-0.1, -0.05) is 0 Å².